The Bertz CT molecular complexity index is 51.5. The van der Waals surface area contributed by atoms with Crippen molar-refractivity contribution in [3.05, 3.63) is 0 Å². The fourth-order valence-electron chi connectivity index (χ4n) is 0.246. The van der Waals surface area contributed by atoms with E-state index in [9.17, 15) is 0 Å². The summed E-state index contributed by atoms with van der Waals surface area (Å²) in [7, 11) is 0. The molecule has 2 N–H and O–H groups in total. The molecule has 0 aliphatic rings. The maximum Gasteiger partial charge on any atom is 0.0727 e. The van der Waals surface area contributed by atoms with Crippen LogP contribution in [-0.2, 0) is 0 Å². The maximum absolute atomic E-state index is 5.13. The Morgan fingerprint density at radius 2 is 2.33 bits per heavy atom. The second-order valence-corrected chi connectivity index (χ2v) is 1.74. The minimum atomic E-state index is 0.623. The van der Waals surface area contributed by atoms with Crippen molar-refractivity contribution in [2.45, 2.75) is 19.8 Å². The molecule has 6 heavy (non-hydrogen) atoms. The predicted octanol–water partition coefficient (Wildman–Crippen LogP) is 1.07. The van der Waals surface area contributed by atoms with Gasteiger partial charge in [-0.1, -0.05) is 19.1 Å². The first kappa shape index (κ1) is 5.89. The molecule has 36 valence electrons. The lowest BCUT2D eigenvalue weighted by Gasteiger charge is -1.85. The molecule has 0 heterocycles. The van der Waals surface area contributed by atoms with Crippen LogP contribution in [0.1, 0.15) is 19.8 Å². The molecule has 0 saturated heterocycles. The van der Waals surface area contributed by atoms with Gasteiger partial charge in [0, 0.05) is 0 Å². The summed E-state index contributed by atoms with van der Waals surface area (Å²) in [6.07, 6.45) is 1.95. The highest BCUT2D eigenvalue weighted by atomic mass is 32.1. The van der Waals surface area contributed by atoms with E-state index in [0.29, 0.717) is 4.99 Å². The maximum atomic E-state index is 5.13. The van der Waals surface area contributed by atoms with E-state index in [0.717, 1.165) is 12.8 Å². The molecule has 0 unspecified atom stereocenters. The first-order chi connectivity index (χ1) is 2.77. The van der Waals surface area contributed by atoms with E-state index in [1.54, 1.807) is 0 Å². The number of nitrogens with two attached hydrogens (primary N) is 1. The highest BCUT2D eigenvalue weighted by Gasteiger charge is 1.79. The van der Waals surface area contributed by atoms with Crippen molar-refractivity contribution >= 4 is 17.2 Å². The van der Waals surface area contributed by atoms with Gasteiger partial charge in [0.25, 0.3) is 0 Å². The van der Waals surface area contributed by atoms with Crippen LogP contribution >= 0.6 is 12.2 Å². The zero-order valence-corrected chi connectivity index (χ0v) is 4.72. The predicted molar refractivity (Wildman–Crippen MR) is 31.7 cm³/mol. The van der Waals surface area contributed by atoms with E-state index in [4.69, 9.17) is 5.73 Å². The van der Waals surface area contributed by atoms with Crippen LogP contribution in [0.3, 0.4) is 0 Å². The number of hydrogen-bond acceptors (Lipinski definition) is 1. The van der Waals surface area contributed by atoms with Gasteiger partial charge < -0.3 is 5.73 Å². The molecular weight excluding hydrogens is 94.1 g/mol. The van der Waals surface area contributed by atoms with E-state index < -0.39 is 0 Å². The molecule has 0 fully saturated rings. The Hall–Kier alpha value is -0.110. The lowest BCUT2D eigenvalue weighted by molar-refractivity contribution is 0.998. The third-order valence-electron chi connectivity index (χ3n) is 0.496. The van der Waals surface area contributed by atoms with Crippen LogP contribution in [0, 0.1) is 0 Å². The summed E-state index contributed by atoms with van der Waals surface area (Å²) < 4.78 is 0. The van der Waals surface area contributed by atoms with Gasteiger partial charge in [-0.05, 0) is 12.8 Å². The van der Waals surface area contributed by atoms with Crippen LogP contribution < -0.4 is 5.73 Å². The molecule has 2 heteroatoms. The zero-order chi connectivity index (χ0) is 4.99. The van der Waals surface area contributed by atoms with Crippen LogP contribution in [0.15, 0.2) is 0 Å². The third kappa shape index (κ3) is 3.89. The van der Waals surface area contributed by atoms with Gasteiger partial charge in [0.2, 0.25) is 0 Å². The molecule has 0 aromatic heterocycles. The van der Waals surface area contributed by atoms with Gasteiger partial charge in [0.15, 0.2) is 0 Å². The fraction of sp³-hybridized carbons (Fsp3) is 0.750. The molecule has 0 spiro atoms. The second-order valence-electron chi connectivity index (χ2n) is 1.22. The number of thiocarbonyl (C=S) groups is 1. The lowest BCUT2D eigenvalue weighted by atomic mass is 10.3. The summed E-state index contributed by atoms with van der Waals surface area (Å²) in [6.45, 7) is 2.05. The summed E-state index contributed by atoms with van der Waals surface area (Å²) in [5.74, 6) is 0. The SMILES string of the molecule is CCCC(N)=S. The van der Waals surface area contributed by atoms with Gasteiger partial charge >= 0.3 is 0 Å². The van der Waals surface area contributed by atoms with E-state index in [2.05, 4.69) is 19.1 Å². The molecule has 0 atom stereocenters. The summed E-state index contributed by atoms with van der Waals surface area (Å²) in [5.41, 5.74) is 5.13. The summed E-state index contributed by atoms with van der Waals surface area (Å²) >= 11 is 4.57. The monoisotopic (exact) mass is 103 g/mol. The Kier molecular flexibility index (Phi) is 3.04. The quantitative estimate of drug-likeness (QED) is 0.529. The average molecular weight is 103 g/mol. The third-order valence-corrected chi connectivity index (χ3v) is 0.701. The first-order valence-electron chi connectivity index (χ1n) is 2.05. The largest absolute Gasteiger partial charge is 0.393 e. The Balaban J connectivity index is 2.83. The summed E-state index contributed by atoms with van der Waals surface area (Å²) in [4.78, 5) is 0.623. The van der Waals surface area contributed by atoms with Crippen molar-refractivity contribution in [1.29, 1.82) is 0 Å². The van der Waals surface area contributed by atoms with Gasteiger partial charge in [0.05, 0.1) is 4.99 Å². The highest BCUT2D eigenvalue weighted by Crippen LogP contribution is 1.83. The van der Waals surface area contributed by atoms with Gasteiger partial charge in [-0.2, -0.15) is 0 Å². The first-order valence-corrected chi connectivity index (χ1v) is 2.46. The fourth-order valence-corrected chi connectivity index (χ4v) is 0.451. The van der Waals surface area contributed by atoms with Gasteiger partial charge in [0.1, 0.15) is 0 Å². The molecule has 0 aliphatic heterocycles. The minimum Gasteiger partial charge on any atom is -0.393 e. The lowest BCUT2D eigenvalue weighted by Crippen LogP contribution is -2.05. The molecule has 0 aromatic carbocycles. The summed E-state index contributed by atoms with van der Waals surface area (Å²) in [5, 5.41) is 0. The highest BCUT2D eigenvalue weighted by molar-refractivity contribution is 7.80. The molecule has 1 nitrogen and oxygen atoms in total. The number of hydrogen-bond donors (Lipinski definition) is 1. The van der Waals surface area contributed by atoms with Crippen LogP contribution in [0.2, 0.25) is 0 Å². The minimum absolute atomic E-state index is 0.623. The van der Waals surface area contributed by atoms with Crippen molar-refractivity contribution in [1.82, 2.24) is 0 Å². The number of rotatable bonds is 2. The molecule has 0 amide bonds. The smallest absolute Gasteiger partial charge is 0.0727 e. The van der Waals surface area contributed by atoms with Crippen LogP contribution in [0.25, 0.3) is 0 Å². The topological polar surface area (TPSA) is 26.0 Å². The van der Waals surface area contributed by atoms with Gasteiger partial charge in [-0.3, -0.25) is 0 Å². The van der Waals surface area contributed by atoms with Crippen LogP contribution in [0.4, 0.5) is 0 Å². The second kappa shape index (κ2) is 3.09. The van der Waals surface area contributed by atoms with Crippen LogP contribution in [0.5, 0.6) is 0 Å². The zero-order valence-electron chi connectivity index (χ0n) is 3.90. The summed E-state index contributed by atoms with van der Waals surface area (Å²) in [6, 6.07) is 0. The van der Waals surface area contributed by atoms with Crippen molar-refractivity contribution in [2.24, 2.45) is 5.73 Å². The average Bonchev–Trinajstić information content (AvgIpc) is 1.35. The molecular formula is C4H9NS. The normalized spacial score (nSPS) is 8.17. The standard InChI is InChI=1S/C4H9NS/c1-2-3-4(5)6/h2-3H2,1H3,(H2,5,6). The van der Waals surface area contributed by atoms with E-state index in [-0.39, 0.29) is 0 Å². The van der Waals surface area contributed by atoms with Crippen molar-refractivity contribution in [3.63, 3.8) is 0 Å². The Morgan fingerprint density at radius 1 is 1.83 bits per heavy atom. The molecule has 0 saturated carbocycles. The van der Waals surface area contributed by atoms with Gasteiger partial charge in [-0.25, -0.2) is 0 Å². The molecule has 0 rings (SSSR count). The van der Waals surface area contributed by atoms with Crippen molar-refractivity contribution in [2.75, 3.05) is 0 Å². The Labute approximate surface area is 43.5 Å². The van der Waals surface area contributed by atoms with E-state index in [1.807, 2.05) is 0 Å². The van der Waals surface area contributed by atoms with Crippen LogP contribution in [-0.4, -0.2) is 4.99 Å². The van der Waals surface area contributed by atoms with E-state index in [1.165, 1.54) is 0 Å². The molecule has 0 bridgehead atoms. The molecule has 0 radical (unpaired) electrons. The van der Waals surface area contributed by atoms with Crippen molar-refractivity contribution < 1.29 is 0 Å². The molecule has 0 aliphatic carbocycles. The molecule has 0 aromatic rings. The van der Waals surface area contributed by atoms with Gasteiger partial charge in [-0.15, -0.1) is 0 Å². The van der Waals surface area contributed by atoms with Crippen molar-refractivity contribution in [3.8, 4) is 0 Å². The Morgan fingerprint density at radius 3 is 2.33 bits per heavy atom. The van der Waals surface area contributed by atoms with E-state index >= 15 is 0 Å².